The molecule has 2 N–H and O–H groups in total. The number of rotatable bonds is 5. The number of hydrogen-bond acceptors (Lipinski definition) is 7. The van der Waals surface area contributed by atoms with Crippen molar-refractivity contribution in [3.05, 3.63) is 35.0 Å². The smallest absolute Gasteiger partial charge is 0.235 e. The molecular weight excluding hydrogens is 380 g/mol. The third kappa shape index (κ3) is 3.30. The minimum Gasteiger partial charge on any atom is -0.493 e. The molecule has 1 aromatic carbocycles. The average molecular weight is 406 g/mol. The van der Waals surface area contributed by atoms with Gasteiger partial charge in [-0.2, -0.15) is 9.61 Å². The van der Waals surface area contributed by atoms with Crippen molar-refractivity contribution < 1.29 is 24.2 Å². The van der Waals surface area contributed by atoms with Gasteiger partial charge in [-0.1, -0.05) is 11.3 Å². The first-order valence-corrected chi connectivity index (χ1v) is 10.1. The molecule has 28 heavy (non-hydrogen) atoms. The summed E-state index contributed by atoms with van der Waals surface area (Å²) in [7, 11) is 3.25. The molecule has 0 bridgehead atoms. The minimum atomic E-state index is -0.0953. The summed E-state index contributed by atoms with van der Waals surface area (Å²) in [4.78, 5) is 7.07. The van der Waals surface area contributed by atoms with E-state index in [0.29, 0.717) is 16.5 Å². The molecule has 0 saturated carbocycles. The molecule has 9 heteroatoms. The molecule has 8 nitrogen and oxygen atoms in total. The number of aromatic nitrogens is 3. The van der Waals surface area contributed by atoms with Gasteiger partial charge < -0.3 is 24.2 Å². The summed E-state index contributed by atoms with van der Waals surface area (Å²) < 4.78 is 18.3. The lowest BCUT2D eigenvalue weighted by molar-refractivity contribution is -0.939. The summed E-state index contributed by atoms with van der Waals surface area (Å²) in [5.74, 6) is 1.48. The molecule has 150 valence electrons. The summed E-state index contributed by atoms with van der Waals surface area (Å²) in [6.45, 7) is 5.83. The van der Waals surface area contributed by atoms with Crippen LogP contribution in [0.1, 0.15) is 30.3 Å². The monoisotopic (exact) mass is 405 g/mol. The molecule has 1 aliphatic rings. The molecule has 1 unspecified atom stereocenters. The van der Waals surface area contributed by atoms with E-state index in [1.807, 2.05) is 18.2 Å². The van der Waals surface area contributed by atoms with Crippen LogP contribution in [-0.2, 0) is 4.74 Å². The van der Waals surface area contributed by atoms with Crippen LogP contribution in [-0.4, -0.2) is 59.2 Å². The molecule has 1 fully saturated rings. The molecule has 1 aliphatic heterocycles. The first kappa shape index (κ1) is 19.0. The van der Waals surface area contributed by atoms with Gasteiger partial charge in [0.2, 0.25) is 10.8 Å². The first-order valence-electron chi connectivity index (χ1n) is 9.25. The fourth-order valence-electron chi connectivity index (χ4n) is 4.04. The van der Waals surface area contributed by atoms with Crippen molar-refractivity contribution in [3.63, 3.8) is 0 Å². The Kier molecular flexibility index (Phi) is 5.13. The van der Waals surface area contributed by atoms with Crippen molar-refractivity contribution in [2.45, 2.75) is 32.1 Å². The maximum Gasteiger partial charge on any atom is 0.235 e. The second-order valence-corrected chi connectivity index (χ2v) is 8.12. The lowest BCUT2D eigenvalue weighted by Gasteiger charge is -2.37. The van der Waals surface area contributed by atoms with Gasteiger partial charge in [-0.3, -0.25) is 0 Å². The summed E-state index contributed by atoms with van der Waals surface area (Å²) in [6, 6.07) is 5.82. The Hall–Kier alpha value is -2.36. The van der Waals surface area contributed by atoms with Crippen molar-refractivity contribution in [3.8, 4) is 17.4 Å². The van der Waals surface area contributed by atoms with E-state index in [0.717, 1.165) is 23.5 Å². The van der Waals surface area contributed by atoms with Crippen molar-refractivity contribution in [1.29, 1.82) is 0 Å². The van der Waals surface area contributed by atoms with E-state index >= 15 is 0 Å². The highest BCUT2D eigenvalue weighted by Crippen LogP contribution is 2.37. The van der Waals surface area contributed by atoms with Gasteiger partial charge in [0.25, 0.3) is 0 Å². The number of hydrogen-bond donors (Lipinski definition) is 2. The Balaban J connectivity index is 1.84. The molecular formula is C19H25N4O4S+. The third-order valence-corrected chi connectivity index (χ3v) is 6.21. The molecule has 3 aromatic rings. The zero-order valence-corrected chi connectivity index (χ0v) is 17.2. The maximum atomic E-state index is 10.9. The van der Waals surface area contributed by atoms with E-state index in [2.05, 4.69) is 23.9 Å². The van der Waals surface area contributed by atoms with Gasteiger partial charge in [0.05, 0.1) is 14.2 Å². The quantitative estimate of drug-likeness (QED) is 0.666. The normalized spacial score (nSPS) is 23.6. The van der Waals surface area contributed by atoms with Crippen molar-refractivity contribution >= 4 is 16.3 Å². The Labute approximate surface area is 167 Å². The Bertz CT molecular complexity index is 962. The number of aromatic hydroxyl groups is 1. The molecule has 4 atom stereocenters. The van der Waals surface area contributed by atoms with E-state index < -0.39 is 0 Å². The van der Waals surface area contributed by atoms with E-state index in [4.69, 9.17) is 14.2 Å². The minimum absolute atomic E-state index is 0.0953. The van der Waals surface area contributed by atoms with E-state index in [1.54, 1.807) is 14.2 Å². The van der Waals surface area contributed by atoms with Crippen LogP contribution in [0.4, 0.5) is 0 Å². The number of quaternary nitrogens is 1. The third-order valence-electron chi connectivity index (χ3n) is 5.11. The second kappa shape index (κ2) is 7.57. The molecule has 0 radical (unpaired) electrons. The fourth-order valence-corrected chi connectivity index (χ4v) is 5.15. The van der Waals surface area contributed by atoms with Gasteiger partial charge in [-0.25, -0.2) is 4.98 Å². The first-order chi connectivity index (χ1) is 13.5. The summed E-state index contributed by atoms with van der Waals surface area (Å²) in [5, 5.41) is 15.0. The highest BCUT2D eigenvalue weighted by atomic mass is 32.1. The summed E-state index contributed by atoms with van der Waals surface area (Å²) in [6.07, 6.45) is 1.71. The van der Waals surface area contributed by atoms with Crippen LogP contribution in [0.2, 0.25) is 0 Å². The Morgan fingerprint density at radius 1 is 1.21 bits per heavy atom. The number of morpholine rings is 1. The van der Waals surface area contributed by atoms with Crippen LogP contribution in [0.25, 0.3) is 4.96 Å². The van der Waals surface area contributed by atoms with Gasteiger partial charge in [0.1, 0.15) is 36.5 Å². The topological polar surface area (TPSA) is 82.6 Å². The van der Waals surface area contributed by atoms with Crippen LogP contribution in [0.5, 0.6) is 17.4 Å². The van der Waals surface area contributed by atoms with Gasteiger partial charge >= 0.3 is 0 Å². The molecule has 1 saturated heterocycles. The highest BCUT2D eigenvalue weighted by molar-refractivity contribution is 7.17. The molecule has 4 rings (SSSR count). The number of methoxy groups -OCH3 is 2. The number of thiazole rings is 1. The SMILES string of the molecule is COc1ccc([C@@H](c2sc3ncnn3c2O)[NH+]2C[C@@H](C)O[C@@H](C)C2)cc1OC. The van der Waals surface area contributed by atoms with E-state index in [1.165, 1.54) is 27.1 Å². The largest absolute Gasteiger partial charge is 0.493 e. The maximum absolute atomic E-state index is 10.9. The molecule has 3 heterocycles. The van der Waals surface area contributed by atoms with Crippen molar-refractivity contribution in [1.82, 2.24) is 14.6 Å². The highest BCUT2D eigenvalue weighted by Gasteiger charge is 2.37. The van der Waals surface area contributed by atoms with E-state index in [-0.39, 0.29) is 24.1 Å². The standard InChI is InChI=1S/C19H24N4O4S/c1-11-8-22(9-12(2)27-11)16(13-5-6-14(25-3)15(7-13)26-4)17-18(24)23-19(28-17)20-10-21-23/h5-7,10-12,16,24H,8-9H2,1-4H3/p+1/t11-,12+,16-/m0/s1. The Morgan fingerprint density at radius 2 is 1.93 bits per heavy atom. The molecule has 0 spiro atoms. The van der Waals surface area contributed by atoms with Crippen LogP contribution >= 0.6 is 11.3 Å². The number of ether oxygens (including phenoxy) is 3. The predicted molar refractivity (Wildman–Crippen MR) is 105 cm³/mol. The number of nitrogens with zero attached hydrogens (tertiary/aromatic N) is 3. The van der Waals surface area contributed by atoms with Crippen LogP contribution in [0.15, 0.2) is 24.5 Å². The molecule has 2 aromatic heterocycles. The number of nitrogens with one attached hydrogen (secondary N) is 1. The van der Waals surface area contributed by atoms with Crippen LogP contribution in [0, 0.1) is 0 Å². The van der Waals surface area contributed by atoms with Crippen molar-refractivity contribution in [2.75, 3.05) is 27.3 Å². The molecule has 0 aliphatic carbocycles. The lowest BCUT2D eigenvalue weighted by atomic mass is 10.0. The Morgan fingerprint density at radius 3 is 2.57 bits per heavy atom. The summed E-state index contributed by atoms with van der Waals surface area (Å²) in [5.41, 5.74) is 1.04. The van der Waals surface area contributed by atoms with Crippen LogP contribution in [0.3, 0.4) is 0 Å². The zero-order chi connectivity index (χ0) is 19.8. The lowest BCUT2D eigenvalue weighted by Crippen LogP contribution is -3.15. The zero-order valence-electron chi connectivity index (χ0n) is 16.4. The second-order valence-electron chi connectivity index (χ2n) is 7.12. The summed E-state index contributed by atoms with van der Waals surface area (Å²) >= 11 is 1.46. The molecule has 0 amide bonds. The fraction of sp³-hybridized carbons (Fsp3) is 0.474. The number of benzene rings is 1. The number of fused-ring (bicyclic) bond motifs is 1. The van der Waals surface area contributed by atoms with Crippen LogP contribution < -0.4 is 14.4 Å². The van der Waals surface area contributed by atoms with Gasteiger partial charge in [-0.15, -0.1) is 0 Å². The van der Waals surface area contributed by atoms with Crippen molar-refractivity contribution in [2.24, 2.45) is 0 Å². The van der Waals surface area contributed by atoms with Gasteiger partial charge in [0, 0.05) is 5.56 Å². The van der Waals surface area contributed by atoms with Gasteiger partial charge in [0.15, 0.2) is 17.5 Å². The van der Waals surface area contributed by atoms with E-state index in [9.17, 15) is 5.11 Å². The predicted octanol–water partition coefficient (Wildman–Crippen LogP) is 1.30. The van der Waals surface area contributed by atoms with Gasteiger partial charge in [-0.05, 0) is 32.0 Å². The average Bonchev–Trinajstić information content (AvgIpc) is 3.25.